The lowest BCUT2D eigenvalue weighted by molar-refractivity contribution is 0.500. The molecule has 0 aliphatic rings. The van der Waals surface area contributed by atoms with Crippen molar-refractivity contribution < 1.29 is 0 Å². The number of hydrogen-bond donors (Lipinski definition) is 1. The van der Waals surface area contributed by atoms with E-state index in [2.05, 4.69) is 26.1 Å². The van der Waals surface area contributed by atoms with E-state index in [0.29, 0.717) is 0 Å². The zero-order valence-electron chi connectivity index (χ0n) is 8.91. The zero-order valence-corrected chi connectivity index (χ0v) is 8.91. The minimum Gasteiger partial charge on any atom is -0.316 e. The van der Waals surface area contributed by atoms with Crippen molar-refractivity contribution in [2.45, 2.75) is 47.5 Å². The van der Waals surface area contributed by atoms with Crippen LogP contribution in [0.1, 0.15) is 47.5 Å². The Morgan fingerprint density at radius 3 is 2.09 bits per heavy atom. The molecule has 0 radical (unpaired) electrons. The average molecular weight is 159 g/mol. The van der Waals surface area contributed by atoms with Crippen LogP contribution in [0.3, 0.4) is 0 Å². The van der Waals surface area contributed by atoms with Gasteiger partial charge in [0.2, 0.25) is 0 Å². The van der Waals surface area contributed by atoms with Crippen LogP contribution < -0.4 is 5.32 Å². The normalized spacial score (nSPS) is 11.7. The fourth-order valence-electron chi connectivity index (χ4n) is 0.670. The summed E-state index contributed by atoms with van der Waals surface area (Å²) in [6.45, 7) is 13.1. The van der Waals surface area contributed by atoms with E-state index in [0.717, 1.165) is 5.92 Å². The molecule has 0 aliphatic carbocycles. The number of nitrogens with one attached hydrogen (secondary N) is 1. The van der Waals surface area contributed by atoms with Crippen LogP contribution in [0, 0.1) is 5.92 Å². The highest BCUT2D eigenvalue weighted by Crippen LogP contribution is 1.96. The van der Waals surface area contributed by atoms with Crippen molar-refractivity contribution in [3.8, 4) is 0 Å². The van der Waals surface area contributed by atoms with Gasteiger partial charge < -0.3 is 5.32 Å². The third kappa shape index (κ3) is 13.0. The van der Waals surface area contributed by atoms with Crippen molar-refractivity contribution >= 4 is 0 Å². The lowest BCUT2D eigenvalue weighted by Gasteiger charge is -2.07. The highest BCUT2D eigenvalue weighted by atomic mass is 14.8. The van der Waals surface area contributed by atoms with E-state index >= 15 is 0 Å². The van der Waals surface area contributed by atoms with E-state index in [-0.39, 0.29) is 0 Å². The van der Waals surface area contributed by atoms with Gasteiger partial charge in [-0.2, -0.15) is 0 Å². The monoisotopic (exact) mass is 159 g/mol. The molecule has 0 bridgehead atoms. The van der Waals surface area contributed by atoms with Crippen molar-refractivity contribution in [2.24, 2.45) is 5.92 Å². The highest BCUT2D eigenvalue weighted by Gasteiger charge is 1.94. The van der Waals surface area contributed by atoms with E-state index in [1.165, 1.54) is 25.9 Å². The lowest BCUT2D eigenvalue weighted by Crippen LogP contribution is -2.21. The van der Waals surface area contributed by atoms with Gasteiger partial charge >= 0.3 is 0 Å². The first kappa shape index (κ1) is 13.5. The largest absolute Gasteiger partial charge is 0.316 e. The van der Waals surface area contributed by atoms with E-state index < -0.39 is 0 Å². The van der Waals surface area contributed by atoms with Crippen LogP contribution in [-0.4, -0.2) is 13.1 Å². The van der Waals surface area contributed by atoms with Gasteiger partial charge in [-0.25, -0.2) is 0 Å². The van der Waals surface area contributed by atoms with Gasteiger partial charge in [-0.15, -0.1) is 0 Å². The van der Waals surface area contributed by atoms with Crippen molar-refractivity contribution in [1.29, 1.82) is 0 Å². The summed E-state index contributed by atoms with van der Waals surface area (Å²) in [5.74, 6) is 0.844. The first-order chi connectivity index (χ1) is 5.31. The van der Waals surface area contributed by atoms with E-state index in [1.54, 1.807) is 0 Å². The SMILES string of the molecule is CC.CCCNC[C@H](C)CC. The fourth-order valence-corrected chi connectivity index (χ4v) is 0.670. The third-order valence-electron chi connectivity index (χ3n) is 1.62. The minimum atomic E-state index is 0.844. The van der Waals surface area contributed by atoms with Gasteiger partial charge in [0, 0.05) is 0 Å². The Bertz CT molecular complexity index is 52.8. The molecule has 1 heteroatoms. The highest BCUT2D eigenvalue weighted by molar-refractivity contribution is 4.52. The van der Waals surface area contributed by atoms with Crippen molar-refractivity contribution in [2.75, 3.05) is 13.1 Å². The Hall–Kier alpha value is -0.0400. The Morgan fingerprint density at radius 2 is 1.73 bits per heavy atom. The summed E-state index contributed by atoms with van der Waals surface area (Å²) in [6, 6.07) is 0. The van der Waals surface area contributed by atoms with Gasteiger partial charge in [-0.05, 0) is 25.4 Å². The molecule has 0 spiro atoms. The van der Waals surface area contributed by atoms with Crippen LogP contribution in [0.15, 0.2) is 0 Å². The molecule has 0 rings (SSSR count). The molecule has 0 aliphatic heterocycles. The summed E-state index contributed by atoms with van der Waals surface area (Å²) < 4.78 is 0. The molecule has 11 heavy (non-hydrogen) atoms. The molecule has 0 amide bonds. The maximum atomic E-state index is 3.39. The first-order valence-corrected chi connectivity index (χ1v) is 5.02. The summed E-state index contributed by atoms with van der Waals surface area (Å²) in [4.78, 5) is 0. The quantitative estimate of drug-likeness (QED) is 0.608. The van der Waals surface area contributed by atoms with E-state index in [1.807, 2.05) is 13.8 Å². The predicted molar refractivity (Wildman–Crippen MR) is 54.0 cm³/mol. The summed E-state index contributed by atoms with van der Waals surface area (Å²) in [7, 11) is 0. The molecule has 0 saturated carbocycles. The van der Waals surface area contributed by atoms with Gasteiger partial charge in [-0.1, -0.05) is 41.0 Å². The molecule has 0 unspecified atom stereocenters. The van der Waals surface area contributed by atoms with Crippen LogP contribution in [-0.2, 0) is 0 Å². The molecule has 0 aromatic heterocycles. The summed E-state index contributed by atoms with van der Waals surface area (Å²) in [5, 5.41) is 3.39. The van der Waals surface area contributed by atoms with Crippen molar-refractivity contribution in [3.05, 3.63) is 0 Å². The number of rotatable bonds is 5. The molecular weight excluding hydrogens is 134 g/mol. The molecule has 70 valence electrons. The summed E-state index contributed by atoms with van der Waals surface area (Å²) >= 11 is 0. The maximum Gasteiger partial charge on any atom is -0.00233 e. The minimum absolute atomic E-state index is 0.844. The Labute approximate surface area is 72.6 Å². The van der Waals surface area contributed by atoms with Gasteiger partial charge in [0.25, 0.3) is 0 Å². The molecule has 1 N–H and O–H groups in total. The van der Waals surface area contributed by atoms with Gasteiger partial charge in [0.15, 0.2) is 0 Å². The Balaban J connectivity index is 0. The van der Waals surface area contributed by atoms with E-state index in [9.17, 15) is 0 Å². The van der Waals surface area contributed by atoms with Gasteiger partial charge in [0.05, 0.1) is 0 Å². The smallest absolute Gasteiger partial charge is 0.00233 e. The second kappa shape index (κ2) is 12.6. The fraction of sp³-hybridized carbons (Fsp3) is 1.00. The molecule has 1 atom stereocenters. The Morgan fingerprint density at radius 1 is 1.18 bits per heavy atom. The number of hydrogen-bond acceptors (Lipinski definition) is 1. The van der Waals surface area contributed by atoms with Crippen LogP contribution in [0.2, 0.25) is 0 Å². The molecule has 0 saturated heterocycles. The molecule has 1 nitrogen and oxygen atoms in total. The maximum absolute atomic E-state index is 3.39. The lowest BCUT2D eigenvalue weighted by atomic mass is 10.1. The average Bonchev–Trinajstić information content (AvgIpc) is 2.08. The molecule has 0 fully saturated rings. The molecule has 0 aromatic rings. The third-order valence-corrected chi connectivity index (χ3v) is 1.62. The zero-order chi connectivity index (χ0) is 9.11. The molecular formula is C10H25N. The van der Waals surface area contributed by atoms with Crippen molar-refractivity contribution in [3.63, 3.8) is 0 Å². The van der Waals surface area contributed by atoms with Crippen LogP contribution in [0.4, 0.5) is 0 Å². The standard InChI is InChI=1S/C8H19N.C2H6/c1-4-6-9-7-8(3)5-2;1-2/h8-9H,4-7H2,1-3H3;1-2H3/t8-;/m1./s1. The van der Waals surface area contributed by atoms with Crippen LogP contribution in [0.25, 0.3) is 0 Å². The van der Waals surface area contributed by atoms with Gasteiger partial charge in [-0.3, -0.25) is 0 Å². The van der Waals surface area contributed by atoms with E-state index in [4.69, 9.17) is 0 Å². The first-order valence-electron chi connectivity index (χ1n) is 5.02. The Kier molecular flexibility index (Phi) is 15.5. The second-order valence-corrected chi connectivity index (χ2v) is 2.72. The van der Waals surface area contributed by atoms with Crippen LogP contribution in [0.5, 0.6) is 0 Å². The topological polar surface area (TPSA) is 12.0 Å². The van der Waals surface area contributed by atoms with Crippen LogP contribution >= 0.6 is 0 Å². The molecule has 0 aromatic carbocycles. The van der Waals surface area contributed by atoms with Crippen molar-refractivity contribution in [1.82, 2.24) is 5.32 Å². The van der Waals surface area contributed by atoms with Gasteiger partial charge in [0.1, 0.15) is 0 Å². The summed E-state index contributed by atoms with van der Waals surface area (Å²) in [5.41, 5.74) is 0. The molecule has 0 heterocycles. The second-order valence-electron chi connectivity index (χ2n) is 2.72. The predicted octanol–water partition coefficient (Wildman–Crippen LogP) is 3.06. The summed E-state index contributed by atoms with van der Waals surface area (Å²) in [6.07, 6.45) is 2.53.